The second kappa shape index (κ2) is 10.3. The molecule has 0 saturated heterocycles. The summed E-state index contributed by atoms with van der Waals surface area (Å²) in [6.07, 6.45) is 0.997. The van der Waals surface area contributed by atoms with E-state index in [-0.39, 0.29) is 17.2 Å². The summed E-state index contributed by atoms with van der Waals surface area (Å²) in [5, 5.41) is 3.00. The van der Waals surface area contributed by atoms with Gasteiger partial charge in [0, 0.05) is 5.69 Å². The lowest BCUT2D eigenvalue weighted by Crippen LogP contribution is -2.45. The van der Waals surface area contributed by atoms with Crippen LogP contribution in [0.2, 0.25) is 0 Å². The SMILES string of the molecule is CCc1cccc(C)c1NC(=O)[C@H](Cc1ccccc1)NS(=O)(=O)c1c(C)cc(C)cc1C. The van der Waals surface area contributed by atoms with Crippen molar-refractivity contribution in [3.63, 3.8) is 0 Å². The highest BCUT2D eigenvalue weighted by atomic mass is 32.2. The lowest BCUT2D eigenvalue weighted by Gasteiger charge is -2.22. The summed E-state index contributed by atoms with van der Waals surface area (Å²) in [5.74, 6) is -0.381. The maximum atomic E-state index is 13.4. The molecule has 3 aromatic carbocycles. The molecule has 6 heteroatoms. The predicted molar refractivity (Wildman–Crippen MR) is 134 cm³/mol. The molecule has 5 nitrogen and oxygen atoms in total. The standard InChI is InChI=1S/C27H32N2O3S/c1-6-23-14-10-11-19(3)25(23)28-27(30)24(17-22-12-8-7-9-13-22)29-33(31,32)26-20(4)15-18(2)16-21(26)5/h7-16,24,29H,6,17H2,1-5H3,(H,28,30)/t24-/m0/s1. The van der Waals surface area contributed by atoms with Crippen LogP contribution in [0.3, 0.4) is 0 Å². The van der Waals surface area contributed by atoms with Crippen molar-refractivity contribution < 1.29 is 13.2 Å². The number of rotatable bonds is 8. The maximum absolute atomic E-state index is 13.4. The number of carbonyl (C=O) groups is 1. The van der Waals surface area contributed by atoms with Crippen molar-refractivity contribution in [1.82, 2.24) is 4.72 Å². The van der Waals surface area contributed by atoms with Crippen LogP contribution in [-0.2, 0) is 27.7 Å². The van der Waals surface area contributed by atoms with Crippen LogP contribution in [0, 0.1) is 27.7 Å². The van der Waals surface area contributed by atoms with Crippen LogP contribution in [0.25, 0.3) is 0 Å². The fourth-order valence-electron chi connectivity index (χ4n) is 4.29. The Balaban J connectivity index is 1.98. The van der Waals surface area contributed by atoms with Gasteiger partial charge in [0.2, 0.25) is 15.9 Å². The van der Waals surface area contributed by atoms with Crippen LogP contribution in [0.5, 0.6) is 0 Å². The third kappa shape index (κ3) is 5.89. The Bertz CT molecular complexity index is 1230. The third-order valence-electron chi connectivity index (χ3n) is 5.76. The second-order valence-corrected chi connectivity index (χ2v) is 10.2. The lowest BCUT2D eigenvalue weighted by molar-refractivity contribution is -0.117. The number of hydrogen-bond donors (Lipinski definition) is 2. The molecule has 174 valence electrons. The normalized spacial score (nSPS) is 12.4. The van der Waals surface area contributed by atoms with Gasteiger partial charge < -0.3 is 5.32 Å². The molecule has 1 atom stereocenters. The minimum Gasteiger partial charge on any atom is -0.324 e. The van der Waals surface area contributed by atoms with E-state index in [9.17, 15) is 13.2 Å². The molecule has 0 fully saturated rings. The van der Waals surface area contributed by atoms with Crippen molar-refractivity contribution in [2.75, 3.05) is 5.32 Å². The minimum absolute atomic E-state index is 0.226. The van der Waals surface area contributed by atoms with Gasteiger partial charge in [-0.05, 0) is 68.4 Å². The number of amides is 1. The molecule has 3 aromatic rings. The molecular weight excluding hydrogens is 432 g/mol. The van der Waals surface area contributed by atoms with E-state index in [1.54, 1.807) is 13.8 Å². The number of anilines is 1. The molecule has 0 aliphatic rings. The number of nitrogens with one attached hydrogen (secondary N) is 2. The molecule has 33 heavy (non-hydrogen) atoms. The van der Waals surface area contributed by atoms with E-state index in [1.807, 2.05) is 81.4 Å². The number of benzene rings is 3. The lowest BCUT2D eigenvalue weighted by atomic mass is 10.0. The number of carbonyl (C=O) groups excluding carboxylic acids is 1. The zero-order valence-corrected chi connectivity index (χ0v) is 20.7. The summed E-state index contributed by atoms with van der Waals surface area (Å²) >= 11 is 0. The van der Waals surface area contributed by atoms with Crippen molar-refractivity contribution in [1.29, 1.82) is 0 Å². The summed E-state index contributed by atoms with van der Waals surface area (Å²) < 4.78 is 29.6. The smallest absolute Gasteiger partial charge is 0.242 e. The van der Waals surface area contributed by atoms with E-state index in [1.165, 1.54) is 0 Å². The van der Waals surface area contributed by atoms with Crippen LogP contribution < -0.4 is 10.0 Å². The molecule has 0 bridgehead atoms. The number of sulfonamides is 1. The Kier molecular flexibility index (Phi) is 7.72. The van der Waals surface area contributed by atoms with Crippen LogP contribution in [0.15, 0.2) is 65.6 Å². The van der Waals surface area contributed by atoms with Gasteiger partial charge in [-0.1, -0.05) is 73.2 Å². The molecular formula is C27H32N2O3S. The van der Waals surface area contributed by atoms with Crippen molar-refractivity contribution in [2.24, 2.45) is 0 Å². The highest BCUT2D eigenvalue weighted by Crippen LogP contribution is 2.24. The molecule has 0 saturated carbocycles. The second-order valence-electron chi connectivity index (χ2n) is 8.54. The highest BCUT2D eigenvalue weighted by Gasteiger charge is 2.29. The van der Waals surface area contributed by atoms with Gasteiger partial charge in [-0.15, -0.1) is 0 Å². The van der Waals surface area contributed by atoms with Gasteiger partial charge in [-0.3, -0.25) is 4.79 Å². The fraction of sp³-hybridized carbons (Fsp3) is 0.296. The number of para-hydroxylation sites is 1. The first-order valence-electron chi connectivity index (χ1n) is 11.2. The molecule has 0 aliphatic carbocycles. The molecule has 1 amide bonds. The van der Waals surface area contributed by atoms with Gasteiger partial charge >= 0.3 is 0 Å². The zero-order chi connectivity index (χ0) is 24.2. The van der Waals surface area contributed by atoms with Crippen molar-refractivity contribution >= 4 is 21.6 Å². The van der Waals surface area contributed by atoms with Crippen LogP contribution in [0.1, 0.15) is 40.3 Å². The van der Waals surface area contributed by atoms with E-state index in [0.29, 0.717) is 11.1 Å². The van der Waals surface area contributed by atoms with E-state index < -0.39 is 16.1 Å². The molecule has 0 aliphatic heterocycles. The Morgan fingerprint density at radius 3 is 2.12 bits per heavy atom. The monoisotopic (exact) mass is 464 g/mol. The number of hydrogen-bond acceptors (Lipinski definition) is 3. The van der Waals surface area contributed by atoms with E-state index in [0.717, 1.165) is 34.4 Å². The van der Waals surface area contributed by atoms with Crippen LogP contribution >= 0.6 is 0 Å². The van der Waals surface area contributed by atoms with E-state index >= 15 is 0 Å². The summed E-state index contributed by atoms with van der Waals surface area (Å²) in [4.78, 5) is 13.7. The maximum Gasteiger partial charge on any atom is 0.242 e. The zero-order valence-electron chi connectivity index (χ0n) is 19.9. The molecule has 0 radical (unpaired) electrons. The number of aryl methyl sites for hydroxylation is 5. The summed E-state index contributed by atoms with van der Waals surface area (Å²) in [6, 6.07) is 18.0. The van der Waals surface area contributed by atoms with Crippen LogP contribution in [0.4, 0.5) is 5.69 Å². The van der Waals surface area contributed by atoms with Gasteiger partial charge in [0.15, 0.2) is 0 Å². The third-order valence-corrected chi connectivity index (χ3v) is 7.53. The Labute approximate surface area is 197 Å². The highest BCUT2D eigenvalue weighted by molar-refractivity contribution is 7.89. The first-order valence-corrected chi connectivity index (χ1v) is 12.6. The molecule has 0 spiro atoms. The first kappa shape index (κ1) is 24.7. The van der Waals surface area contributed by atoms with Crippen molar-refractivity contribution in [3.8, 4) is 0 Å². The van der Waals surface area contributed by atoms with Crippen LogP contribution in [-0.4, -0.2) is 20.4 Å². The van der Waals surface area contributed by atoms with Gasteiger partial charge in [0.1, 0.15) is 6.04 Å². The largest absolute Gasteiger partial charge is 0.324 e. The van der Waals surface area contributed by atoms with Crippen molar-refractivity contribution in [3.05, 3.63) is 94.0 Å². The Hall–Kier alpha value is -2.96. The average molecular weight is 465 g/mol. The van der Waals surface area contributed by atoms with Crippen molar-refractivity contribution in [2.45, 2.75) is 58.4 Å². The van der Waals surface area contributed by atoms with Gasteiger partial charge in [0.25, 0.3) is 0 Å². The average Bonchev–Trinajstić information content (AvgIpc) is 2.74. The van der Waals surface area contributed by atoms with E-state index in [4.69, 9.17) is 0 Å². The molecule has 0 heterocycles. The topological polar surface area (TPSA) is 75.3 Å². The summed E-state index contributed by atoms with van der Waals surface area (Å²) in [7, 11) is -3.93. The van der Waals surface area contributed by atoms with Gasteiger partial charge in [-0.25, -0.2) is 8.42 Å². The first-order chi connectivity index (χ1) is 15.6. The quantitative estimate of drug-likeness (QED) is 0.492. The minimum atomic E-state index is -3.93. The Morgan fingerprint density at radius 2 is 1.52 bits per heavy atom. The molecule has 3 rings (SSSR count). The van der Waals surface area contributed by atoms with Gasteiger partial charge in [-0.2, -0.15) is 4.72 Å². The van der Waals surface area contributed by atoms with Gasteiger partial charge in [0.05, 0.1) is 4.90 Å². The van der Waals surface area contributed by atoms with E-state index in [2.05, 4.69) is 10.0 Å². The fourth-order valence-corrected chi connectivity index (χ4v) is 5.94. The molecule has 0 unspecified atom stereocenters. The molecule has 0 aromatic heterocycles. The summed E-state index contributed by atoms with van der Waals surface area (Å²) in [6.45, 7) is 9.45. The molecule has 2 N–H and O–H groups in total. The predicted octanol–water partition coefficient (Wildman–Crippen LogP) is 5.01. The Morgan fingerprint density at radius 1 is 0.879 bits per heavy atom. The summed E-state index contributed by atoms with van der Waals surface area (Å²) in [5.41, 5.74) is 5.87.